The van der Waals surface area contributed by atoms with Crippen molar-refractivity contribution in [3.8, 4) is 0 Å². The van der Waals surface area contributed by atoms with Gasteiger partial charge in [-0.1, -0.05) is 6.58 Å². The maximum absolute atomic E-state index is 14.4. The molecule has 0 spiro atoms. The molecule has 0 bridgehead atoms. The van der Waals surface area contributed by atoms with E-state index in [2.05, 4.69) is 11.7 Å². The molecule has 1 aliphatic carbocycles. The number of nitrogens with zero attached hydrogens (tertiary/aromatic N) is 3. The van der Waals surface area contributed by atoms with Crippen molar-refractivity contribution in [2.75, 3.05) is 0 Å². The number of aromatic nitrogens is 2. The Morgan fingerprint density at radius 3 is 2.46 bits per heavy atom. The van der Waals surface area contributed by atoms with Crippen LogP contribution in [0.25, 0.3) is 5.57 Å². The Morgan fingerprint density at radius 2 is 1.93 bits per heavy atom. The van der Waals surface area contributed by atoms with Gasteiger partial charge in [-0.15, -0.1) is 0 Å². The van der Waals surface area contributed by atoms with E-state index in [0.29, 0.717) is 23.6 Å². The van der Waals surface area contributed by atoms with Crippen molar-refractivity contribution < 1.29 is 26.7 Å². The van der Waals surface area contributed by atoms with Gasteiger partial charge >= 0.3 is 0 Å². The molecule has 0 aliphatic heterocycles. The normalized spacial score (nSPS) is 15.0. The molecule has 4 nitrogen and oxygen atoms in total. The van der Waals surface area contributed by atoms with Gasteiger partial charge in [0.25, 0.3) is 12.3 Å². The van der Waals surface area contributed by atoms with E-state index in [1.54, 1.807) is 0 Å². The van der Waals surface area contributed by atoms with Gasteiger partial charge in [-0.25, -0.2) is 22.2 Å². The molecule has 1 atom stereocenters. The molecule has 28 heavy (non-hydrogen) atoms. The van der Waals surface area contributed by atoms with Gasteiger partial charge in [-0.3, -0.25) is 4.79 Å². The summed E-state index contributed by atoms with van der Waals surface area (Å²) in [6, 6.07) is 1.79. The van der Waals surface area contributed by atoms with E-state index in [-0.39, 0.29) is 17.2 Å². The van der Waals surface area contributed by atoms with Crippen molar-refractivity contribution in [1.29, 1.82) is 0 Å². The zero-order valence-electron chi connectivity index (χ0n) is 15.2. The fourth-order valence-corrected chi connectivity index (χ4v) is 3.16. The molecule has 1 saturated carbocycles. The lowest BCUT2D eigenvalue weighted by Gasteiger charge is -2.31. The van der Waals surface area contributed by atoms with Crippen LogP contribution >= 0.6 is 0 Å². The smallest absolute Gasteiger partial charge is 0.283 e. The lowest BCUT2D eigenvalue weighted by atomic mass is 9.98. The third-order valence-corrected chi connectivity index (χ3v) is 4.80. The summed E-state index contributed by atoms with van der Waals surface area (Å²) in [4.78, 5) is 14.2. The van der Waals surface area contributed by atoms with Gasteiger partial charge < -0.3 is 4.90 Å². The average molecular weight is 399 g/mol. The van der Waals surface area contributed by atoms with Gasteiger partial charge in [-0.05, 0) is 37.5 Å². The molecule has 1 amide bonds. The second kappa shape index (κ2) is 7.37. The van der Waals surface area contributed by atoms with Crippen molar-refractivity contribution in [1.82, 2.24) is 14.7 Å². The minimum Gasteiger partial charge on any atom is -0.329 e. The van der Waals surface area contributed by atoms with E-state index in [1.807, 2.05) is 0 Å². The summed E-state index contributed by atoms with van der Waals surface area (Å²) in [5.41, 5.74) is -1.60. The first-order valence-electron chi connectivity index (χ1n) is 8.60. The van der Waals surface area contributed by atoms with Crippen LogP contribution in [-0.4, -0.2) is 32.7 Å². The Morgan fingerprint density at radius 1 is 1.29 bits per heavy atom. The molecular weight excluding hydrogens is 381 g/mol. The molecule has 1 unspecified atom stereocenters. The molecule has 1 aromatic heterocycles. The fraction of sp³-hybridized carbons (Fsp3) is 0.368. The summed E-state index contributed by atoms with van der Waals surface area (Å²) in [5, 5.41) is 3.40. The molecule has 0 saturated heterocycles. The van der Waals surface area contributed by atoms with E-state index < -0.39 is 47.2 Å². The number of hydrogen-bond donors (Lipinski definition) is 0. The van der Waals surface area contributed by atoms with Crippen LogP contribution in [0.3, 0.4) is 0 Å². The van der Waals surface area contributed by atoms with Crippen LogP contribution < -0.4 is 0 Å². The standard InChI is InChI=1S/C19H18F5N3O/c1-9(13-7-4-11(20)8-14(13)21)10(2)27(12-5-6-12)19(28)15-16(17(22)23)25-26(3)18(15)24/h4,7-8,10,12,17H,1,5-6H2,2-3H3. The first-order valence-corrected chi connectivity index (χ1v) is 8.60. The number of amides is 1. The second-order valence-electron chi connectivity index (χ2n) is 6.74. The monoisotopic (exact) mass is 399 g/mol. The number of carbonyl (C=O) groups excluding carboxylic acids is 1. The molecule has 0 N–H and O–H groups in total. The Kier molecular flexibility index (Phi) is 5.27. The Balaban J connectivity index is 1.98. The average Bonchev–Trinajstić information content (AvgIpc) is 3.40. The zero-order valence-corrected chi connectivity index (χ0v) is 15.2. The van der Waals surface area contributed by atoms with Gasteiger partial charge in [0.15, 0.2) is 0 Å². The SMILES string of the molecule is C=C(c1ccc(F)cc1F)C(C)N(C(=O)c1c(C(F)F)nn(C)c1F)C1CC1. The van der Waals surface area contributed by atoms with Crippen LogP contribution in [0.1, 0.15) is 47.8 Å². The molecule has 3 rings (SSSR count). The molecule has 2 aromatic rings. The summed E-state index contributed by atoms with van der Waals surface area (Å²) in [6.07, 6.45) is -1.94. The Bertz CT molecular complexity index is 936. The summed E-state index contributed by atoms with van der Waals surface area (Å²) >= 11 is 0. The highest BCUT2D eigenvalue weighted by atomic mass is 19.3. The maximum atomic E-state index is 14.4. The fourth-order valence-electron chi connectivity index (χ4n) is 3.16. The number of benzene rings is 1. The maximum Gasteiger partial charge on any atom is 0.283 e. The minimum atomic E-state index is -3.14. The number of hydrogen-bond acceptors (Lipinski definition) is 2. The highest BCUT2D eigenvalue weighted by molar-refractivity contribution is 5.97. The van der Waals surface area contributed by atoms with Crippen LogP contribution in [0.15, 0.2) is 24.8 Å². The van der Waals surface area contributed by atoms with Crippen molar-refractivity contribution in [3.63, 3.8) is 0 Å². The van der Waals surface area contributed by atoms with E-state index >= 15 is 0 Å². The van der Waals surface area contributed by atoms with Crippen molar-refractivity contribution in [2.24, 2.45) is 7.05 Å². The van der Waals surface area contributed by atoms with Gasteiger partial charge in [0.05, 0.1) is 6.04 Å². The molecule has 1 aromatic carbocycles. The molecule has 0 radical (unpaired) electrons. The van der Waals surface area contributed by atoms with Gasteiger partial charge in [-0.2, -0.15) is 9.49 Å². The number of aryl methyl sites for hydroxylation is 1. The third kappa shape index (κ3) is 3.53. The molecule has 1 aliphatic rings. The quantitative estimate of drug-likeness (QED) is 0.672. The Hall–Kier alpha value is -2.71. The number of rotatable bonds is 6. The number of halogens is 5. The van der Waals surface area contributed by atoms with Crippen molar-refractivity contribution >= 4 is 11.5 Å². The van der Waals surface area contributed by atoms with Crippen LogP contribution in [0, 0.1) is 17.6 Å². The zero-order chi connectivity index (χ0) is 20.7. The Labute approximate surface area is 158 Å². The molecular formula is C19H18F5N3O. The van der Waals surface area contributed by atoms with Crippen LogP contribution in [0.5, 0.6) is 0 Å². The van der Waals surface area contributed by atoms with E-state index in [1.165, 1.54) is 17.9 Å². The first kappa shape index (κ1) is 20.0. The predicted molar refractivity (Wildman–Crippen MR) is 92.2 cm³/mol. The number of alkyl halides is 2. The molecule has 150 valence electrons. The summed E-state index contributed by atoms with van der Waals surface area (Å²) < 4.78 is 68.8. The third-order valence-electron chi connectivity index (χ3n) is 4.80. The van der Waals surface area contributed by atoms with E-state index in [9.17, 15) is 26.7 Å². The molecule has 1 heterocycles. The summed E-state index contributed by atoms with van der Waals surface area (Å²) in [6.45, 7) is 5.33. The topological polar surface area (TPSA) is 38.1 Å². The van der Waals surface area contributed by atoms with Gasteiger partial charge in [0.2, 0.25) is 5.95 Å². The van der Waals surface area contributed by atoms with Crippen molar-refractivity contribution in [3.05, 3.63) is 59.2 Å². The van der Waals surface area contributed by atoms with E-state index in [4.69, 9.17) is 0 Å². The largest absolute Gasteiger partial charge is 0.329 e. The van der Waals surface area contributed by atoms with Gasteiger partial charge in [0.1, 0.15) is 22.9 Å². The van der Waals surface area contributed by atoms with Gasteiger partial charge in [0, 0.05) is 24.7 Å². The van der Waals surface area contributed by atoms with Crippen molar-refractivity contribution in [2.45, 2.75) is 38.3 Å². The summed E-state index contributed by atoms with van der Waals surface area (Å²) in [7, 11) is 1.12. The summed E-state index contributed by atoms with van der Waals surface area (Å²) in [5.74, 6) is -3.76. The lowest BCUT2D eigenvalue weighted by molar-refractivity contribution is 0.0698. The first-order chi connectivity index (χ1) is 13.1. The molecule has 9 heteroatoms. The number of carbonyl (C=O) groups is 1. The highest BCUT2D eigenvalue weighted by Crippen LogP contribution is 2.36. The predicted octanol–water partition coefficient (Wildman–Crippen LogP) is 4.48. The molecule has 1 fully saturated rings. The second-order valence-corrected chi connectivity index (χ2v) is 6.74. The van der Waals surface area contributed by atoms with Crippen LogP contribution in [-0.2, 0) is 7.05 Å². The highest BCUT2D eigenvalue weighted by Gasteiger charge is 2.41. The van der Waals surface area contributed by atoms with Crippen LogP contribution in [0.4, 0.5) is 22.0 Å². The van der Waals surface area contributed by atoms with E-state index in [0.717, 1.165) is 13.1 Å². The lowest BCUT2D eigenvalue weighted by Crippen LogP contribution is -2.41. The minimum absolute atomic E-state index is 0.00640. The van der Waals surface area contributed by atoms with Crippen LogP contribution in [0.2, 0.25) is 0 Å².